The summed E-state index contributed by atoms with van der Waals surface area (Å²) in [5.74, 6) is -0.0167. The average Bonchev–Trinajstić information content (AvgIpc) is 3.16. The van der Waals surface area contributed by atoms with Crippen molar-refractivity contribution in [3.05, 3.63) is 58.3 Å². The Balaban J connectivity index is 1.41. The number of thiophene rings is 1. The standard InChI is InChI=1S/C18H21N3O2S/c22-17(16-7-4-12-24-16)20-15-8-10-21(11-9-15)18(23)19-13-14-5-2-1-3-6-14/h1-7,12,15H,8-11,13H2,(H,19,23)(H,20,22). The highest BCUT2D eigenvalue weighted by atomic mass is 32.1. The van der Waals surface area contributed by atoms with Crippen LogP contribution in [0.2, 0.25) is 0 Å². The SMILES string of the molecule is O=C(NC1CCN(C(=O)NCc2ccccc2)CC1)c1cccs1. The third kappa shape index (κ3) is 4.35. The lowest BCUT2D eigenvalue weighted by atomic mass is 10.1. The van der Waals surface area contributed by atoms with E-state index in [1.54, 1.807) is 0 Å². The summed E-state index contributed by atoms with van der Waals surface area (Å²) in [4.78, 5) is 26.8. The first kappa shape index (κ1) is 16.5. The second kappa shape index (κ2) is 7.97. The Morgan fingerprint density at radius 2 is 1.83 bits per heavy atom. The molecule has 0 atom stereocenters. The molecular weight excluding hydrogens is 322 g/mol. The van der Waals surface area contributed by atoms with E-state index in [1.807, 2.05) is 52.7 Å². The van der Waals surface area contributed by atoms with Crippen molar-refractivity contribution in [2.45, 2.75) is 25.4 Å². The van der Waals surface area contributed by atoms with Gasteiger partial charge in [0, 0.05) is 25.7 Å². The molecule has 0 bridgehead atoms. The molecular formula is C18H21N3O2S. The predicted molar refractivity (Wildman–Crippen MR) is 95.1 cm³/mol. The Morgan fingerprint density at radius 3 is 2.50 bits per heavy atom. The van der Waals surface area contributed by atoms with Gasteiger partial charge in [0.05, 0.1) is 4.88 Å². The fraction of sp³-hybridized carbons (Fsp3) is 0.333. The minimum absolute atomic E-state index is 0.0167. The summed E-state index contributed by atoms with van der Waals surface area (Å²) in [6.07, 6.45) is 1.58. The number of carbonyl (C=O) groups excluding carboxylic acids is 2. The number of amides is 3. The number of rotatable bonds is 4. The molecule has 3 rings (SSSR count). The van der Waals surface area contributed by atoms with E-state index in [4.69, 9.17) is 0 Å². The van der Waals surface area contributed by atoms with Gasteiger partial charge in [-0.15, -0.1) is 11.3 Å². The van der Waals surface area contributed by atoms with Crippen molar-refractivity contribution in [1.82, 2.24) is 15.5 Å². The van der Waals surface area contributed by atoms with Crippen molar-refractivity contribution in [3.8, 4) is 0 Å². The molecule has 0 radical (unpaired) electrons. The molecule has 2 heterocycles. The Bertz CT molecular complexity index is 665. The maximum Gasteiger partial charge on any atom is 0.317 e. The van der Waals surface area contributed by atoms with Gasteiger partial charge in [-0.05, 0) is 29.9 Å². The van der Waals surface area contributed by atoms with Crippen LogP contribution >= 0.6 is 11.3 Å². The van der Waals surface area contributed by atoms with Crippen LogP contribution in [0.15, 0.2) is 47.8 Å². The lowest BCUT2D eigenvalue weighted by Gasteiger charge is -2.32. The van der Waals surface area contributed by atoms with Crippen LogP contribution in [0.4, 0.5) is 4.79 Å². The maximum absolute atomic E-state index is 12.2. The highest BCUT2D eigenvalue weighted by Crippen LogP contribution is 2.13. The van der Waals surface area contributed by atoms with Gasteiger partial charge in [-0.1, -0.05) is 36.4 Å². The van der Waals surface area contributed by atoms with Gasteiger partial charge in [0.2, 0.25) is 0 Å². The highest BCUT2D eigenvalue weighted by Gasteiger charge is 2.24. The first-order valence-electron chi connectivity index (χ1n) is 8.13. The smallest absolute Gasteiger partial charge is 0.317 e. The zero-order valence-corrected chi connectivity index (χ0v) is 14.2. The minimum atomic E-state index is -0.0399. The summed E-state index contributed by atoms with van der Waals surface area (Å²) in [5.41, 5.74) is 1.09. The van der Waals surface area contributed by atoms with Crippen molar-refractivity contribution in [3.63, 3.8) is 0 Å². The quantitative estimate of drug-likeness (QED) is 0.897. The van der Waals surface area contributed by atoms with Crippen molar-refractivity contribution < 1.29 is 9.59 Å². The molecule has 1 aliphatic rings. The zero-order chi connectivity index (χ0) is 16.8. The number of urea groups is 1. The number of nitrogens with zero attached hydrogens (tertiary/aromatic N) is 1. The molecule has 1 aromatic carbocycles. The van der Waals surface area contributed by atoms with Gasteiger partial charge in [0.1, 0.15) is 0 Å². The van der Waals surface area contributed by atoms with Gasteiger partial charge in [-0.3, -0.25) is 4.79 Å². The van der Waals surface area contributed by atoms with Crippen LogP contribution < -0.4 is 10.6 Å². The first-order valence-corrected chi connectivity index (χ1v) is 9.01. The van der Waals surface area contributed by atoms with Gasteiger partial charge in [0.15, 0.2) is 0 Å². The van der Waals surface area contributed by atoms with Crippen LogP contribution in [-0.2, 0) is 6.54 Å². The molecule has 0 spiro atoms. The Morgan fingerprint density at radius 1 is 1.08 bits per heavy atom. The summed E-state index contributed by atoms with van der Waals surface area (Å²) < 4.78 is 0. The minimum Gasteiger partial charge on any atom is -0.348 e. The molecule has 6 heteroatoms. The normalized spacial score (nSPS) is 15.1. The predicted octanol–water partition coefficient (Wildman–Crippen LogP) is 2.85. The zero-order valence-electron chi connectivity index (χ0n) is 13.4. The van der Waals surface area contributed by atoms with Crippen LogP contribution in [0.5, 0.6) is 0 Å². The van der Waals surface area contributed by atoms with Crippen molar-refractivity contribution in [2.24, 2.45) is 0 Å². The molecule has 5 nitrogen and oxygen atoms in total. The fourth-order valence-electron chi connectivity index (χ4n) is 2.78. The lowest BCUT2D eigenvalue weighted by molar-refractivity contribution is 0.0922. The summed E-state index contributed by atoms with van der Waals surface area (Å²) in [6, 6.07) is 13.7. The molecule has 1 aliphatic heterocycles. The van der Waals surface area contributed by atoms with Crippen molar-refractivity contribution >= 4 is 23.3 Å². The molecule has 2 N–H and O–H groups in total. The average molecular weight is 343 g/mol. The second-order valence-electron chi connectivity index (χ2n) is 5.86. The van der Waals surface area contributed by atoms with E-state index in [0.717, 1.165) is 23.3 Å². The number of benzene rings is 1. The molecule has 1 fully saturated rings. The third-order valence-corrected chi connectivity index (χ3v) is 5.02. The third-order valence-electron chi connectivity index (χ3n) is 4.15. The number of likely N-dealkylation sites (tertiary alicyclic amines) is 1. The van der Waals surface area contributed by atoms with Crippen molar-refractivity contribution in [1.29, 1.82) is 0 Å². The van der Waals surface area contributed by atoms with Gasteiger partial charge >= 0.3 is 6.03 Å². The van der Waals surface area contributed by atoms with Crippen LogP contribution in [0.1, 0.15) is 28.1 Å². The molecule has 1 saturated heterocycles. The number of hydrogen-bond acceptors (Lipinski definition) is 3. The molecule has 0 saturated carbocycles. The van der Waals surface area contributed by atoms with E-state index in [0.29, 0.717) is 19.6 Å². The summed E-state index contributed by atoms with van der Waals surface area (Å²) in [6.45, 7) is 1.86. The Labute approximate surface area is 145 Å². The summed E-state index contributed by atoms with van der Waals surface area (Å²) in [7, 11) is 0. The highest BCUT2D eigenvalue weighted by molar-refractivity contribution is 7.12. The van der Waals surface area contributed by atoms with E-state index in [1.165, 1.54) is 11.3 Å². The van der Waals surface area contributed by atoms with E-state index >= 15 is 0 Å². The number of hydrogen-bond donors (Lipinski definition) is 2. The van der Waals surface area contributed by atoms with Gasteiger partial charge in [-0.2, -0.15) is 0 Å². The van der Waals surface area contributed by atoms with Crippen LogP contribution in [-0.4, -0.2) is 36.0 Å². The molecule has 3 amide bonds. The largest absolute Gasteiger partial charge is 0.348 e. The molecule has 2 aromatic rings. The second-order valence-corrected chi connectivity index (χ2v) is 6.80. The molecule has 0 unspecified atom stereocenters. The monoisotopic (exact) mass is 343 g/mol. The number of nitrogens with one attached hydrogen (secondary N) is 2. The number of carbonyl (C=O) groups is 2. The van der Waals surface area contributed by atoms with Gasteiger partial charge < -0.3 is 15.5 Å². The molecule has 0 aliphatic carbocycles. The van der Waals surface area contributed by atoms with Gasteiger partial charge in [0.25, 0.3) is 5.91 Å². The van der Waals surface area contributed by atoms with Crippen molar-refractivity contribution in [2.75, 3.05) is 13.1 Å². The molecule has 126 valence electrons. The van der Waals surface area contributed by atoms with E-state index in [9.17, 15) is 9.59 Å². The first-order chi connectivity index (χ1) is 11.7. The van der Waals surface area contributed by atoms with Crippen LogP contribution in [0.25, 0.3) is 0 Å². The number of piperidine rings is 1. The lowest BCUT2D eigenvalue weighted by Crippen LogP contribution is -2.49. The Hall–Kier alpha value is -2.34. The maximum atomic E-state index is 12.2. The van der Waals surface area contributed by atoms with E-state index in [-0.39, 0.29) is 18.0 Å². The van der Waals surface area contributed by atoms with Crippen LogP contribution in [0.3, 0.4) is 0 Å². The van der Waals surface area contributed by atoms with Gasteiger partial charge in [-0.25, -0.2) is 4.79 Å². The Kier molecular flexibility index (Phi) is 5.48. The molecule has 24 heavy (non-hydrogen) atoms. The topological polar surface area (TPSA) is 61.4 Å². The van der Waals surface area contributed by atoms with Crippen LogP contribution in [0, 0.1) is 0 Å². The molecule has 1 aromatic heterocycles. The summed E-state index contributed by atoms with van der Waals surface area (Å²) in [5, 5.41) is 7.90. The van der Waals surface area contributed by atoms with E-state index in [2.05, 4.69) is 10.6 Å². The summed E-state index contributed by atoms with van der Waals surface area (Å²) >= 11 is 1.44. The fourth-order valence-corrected chi connectivity index (χ4v) is 3.40. The van der Waals surface area contributed by atoms with E-state index < -0.39 is 0 Å².